The highest BCUT2D eigenvalue weighted by Crippen LogP contribution is 2.17. The van der Waals surface area contributed by atoms with Gasteiger partial charge in [0.15, 0.2) is 9.84 Å². The van der Waals surface area contributed by atoms with E-state index in [1.807, 2.05) is 6.92 Å². The second kappa shape index (κ2) is 5.48. The first-order chi connectivity index (χ1) is 7.87. The van der Waals surface area contributed by atoms with Crippen LogP contribution in [-0.2, 0) is 14.6 Å². The minimum atomic E-state index is -3.29. The molecule has 0 aliphatic carbocycles. The number of hydrogen-bond donors (Lipinski definition) is 1. The third-order valence-electron chi connectivity index (χ3n) is 2.91. The Bertz CT molecular complexity index is 416. The Morgan fingerprint density at radius 3 is 2.71 bits per heavy atom. The number of hydrogen-bond acceptors (Lipinski definition) is 5. The molecule has 1 unspecified atom stereocenters. The molecule has 1 heterocycles. The standard InChI is InChI=1S/C10H18N2O4S/c1-3-8-6-12(5-4-9(8)11-14)10(13)7-17(2,15)16/h8,14H,3-7H2,1-2H3. The second-order valence-electron chi connectivity index (χ2n) is 4.36. The van der Waals surface area contributed by atoms with E-state index in [1.165, 1.54) is 4.90 Å². The zero-order chi connectivity index (χ0) is 13.1. The lowest BCUT2D eigenvalue weighted by atomic mass is 9.93. The minimum absolute atomic E-state index is 0.0252. The Balaban J connectivity index is 2.67. The molecule has 1 saturated heterocycles. The number of amides is 1. The van der Waals surface area contributed by atoms with E-state index in [2.05, 4.69) is 5.16 Å². The fourth-order valence-electron chi connectivity index (χ4n) is 1.95. The number of carbonyl (C=O) groups excluding carboxylic acids is 1. The lowest BCUT2D eigenvalue weighted by Crippen LogP contribution is -2.46. The highest BCUT2D eigenvalue weighted by atomic mass is 32.2. The van der Waals surface area contributed by atoms with Gasteiger partial charge in [-0.1, -0.05) is 12.1 Å². The molecule has 17 heavy (non-hydrogen) atoms. The summed E-state index contributed by atoms with van der Waals surface area (Å²) in [6.45, 7) is 2.80. The normalized spacial score (nSPS) is 24.0. The molecule has 0 aromatic carbocycles. The van der Waals surface area contributed by atoms with Crippen LogP contribution >= 0.6 is 0 Å². The van der Waals surface area contributed by atoms with Gasteiger partial charge in [0.2, 0.25) is 5.91 Å². The summed E-state index contributed by atoms with van der Waals surface area (Å²) in [4.78, 5) is 13.2. The highest BCUT2D eigenvalue weighted by Gasteiger charge is 2.28. The molecule has 1 amide bonds. The molecule has 1 aliphatic heterocycles. The number of sulfone groups is 1. The van der Waals surface area contributed by atoms with Gasteiger partial charge in [0.1, 0.15) is 5.75 Å². The van der Waals surface area contributed by atoms with Crippen molar-refractivity contribution < 1.29 is 18.4 Å². The van der Waals surface area contributed by atoms with Crippen LogP contribution in [-0.4, -0.2) is 55.2 Å². The van der Waals surface area contributed by atoms with Crippen molar-refractivity contribution in [3.8, 4) is 0 Å². The predicted octanol–water partition coefficient (Wildman–Crippen LogP) is 0.120. The topological polar surface area (TPSA) is 87.0 Å². The smallest absolute Gasteiger partial charge is 0.237 e. The first kappa shape index (κ1) is 14.0. The van der Waals surface area contributed by atoms with Gasteiger partial charge >= 0.3 is 0 Å². The zero-order valence-corrected chi connectivity index (χ0v) is 10.9. The predicted molar refractivity (Wildman–Crippen MR) is 63.9 cm³/mol. The maximum atomic E-state index is 11.7. The van der Waals surface area contributed by atoms with E-state index in [0.29, 0.717) is 25.2 Å². The Labute approximate surface area is 101 Å². The summed E-state index contributed by atoms with van der Waals surface area (Å²) in [6, 6.07) is 0. The molecule has 0 spiro atoms. The molecule has 1 atom stereocenters. The fraction of sp³-hybridized carbons (Fsp3) is 0.800. The summed E-state index contributed by atoms with van der Waals surface area (Å²) >= 11 is 0. The fourth-order valence-corrected chi connectivity index (χ4v) is 2.59. The van der Waals surface area contributed by atoms with Crippen LogP contribution in [0.3, 0.4) is 0 Å². The van der Waals surface area contributed by atoms with Crippen LogP contribution in [0.1, 0.15) is 19.8 Å². The van der Waals surface area contributed by atoms with E-state index in [-0.39, 0.29) is 11.8 Å². The average molecular weight is 262 g/mol. The number of likely N-dealkylation sites (tertiary alicyclic amines) is 1. The van der Waals surface area contributed by atoms with Crippen LogP contribution in [0.4, 0.5) is 0 Å². The van der Waals surface area contributed by atoms with Crippen molar-refractivity contribution in [1.82, 2.24) is 4.90 Å². The number of oxime groups is 1. The first-order valence-corrected chi connectivity index (χ1v) is 7.59. The van der Waals surface area contributed by atoms with Crippen molar-refractivity contribution in [2.75, 3.05) is 25.1 Å². The van der Waals surface area contributed by atoms with Gasteiger partial charge in [0.25, 0.3) is 0 Å². The van der Waals surface area contributed by atoms with Gasteiger partial charge in [-0.2, -0.15) is 0 Å². The minimum Gasteiger partial charge on any atom is -0.411 e. The van der Waals surface area contributed by atoms with Crippen molar-refractivity contribution >= 4 is 21.5 Å². The van der Waals surface area contributed by atoms with Gasteiger partial charge in [-0.3, -0.25) is 4.79 Å². The van der Waals surface area contributed by atoms with Crippen molar-refractivity contribution in [2.45, 2.75) is 19.8 Å². The van der Waals surface area contributed by atoms with E-state index >= 15 is 0 Å². The summed E-state index contributed by atoms with van der Waals surface area (Å²) in [6.07, 6.45) is 2.32. The second-order valence-corrected chi connectivity index (χ2v) is 6.50. The molecule has 0 radical (unpaired) electrons. The van der Waals surface area contributed by atoms with Crippen molar-refractivity contribution in [3.05, 3.63) is 0 Å². The molecule has 0 bridgehead atoms. The molecule has 1 N–H and O–H groups in total. The summed E-state index contributed by atoms with van der Waals surface area (Å²) in [7, 11) is -3.29. The maximum absolute atomic E-state index is 11.7. The Hall–Kier alpha value is -1.11. The highest BCUT2D eigenvalue weighted by molar-refractivity contribution is 7.91. The van der Waals surface area contributed by atoms with Crippen molar-refractivity contribution in [3.63, 3.8) is 0 Å². The Kier molecular flexibility index (Phi) is 4.50. The van der Waals surface area contributed by atoms with Crippen molar-refractivity contribution in [1.29, 1.82) is 0 Å². The quantitative estimate of drug-likeness (QED) is 0.578. The first-order valence-electron chi connectivity index (χ1n) is 5.53. The summed E-state index contributed by atoms with van der Waals surface area (Å²) in [5.41, 5.74) is 0.691. The monoisotopic (exact) mass is 262 g/mol. The van der Waals surface area contributed by atoms with Crippen LogP contribution in [0.5, 0.6) is 0 Å². The van der Waals surface area contributed by atoms with E-state index in [9.17, 15) is 13.2 Å². The molecule has 6 nitrogen and oxygen atoms in total. The van der Waals surface area contributed by atoms with Gasteiger partial charge < -0.3 is 10.1 Å². The third-order valence-corrected chi connectivity index (χ3v) is 3.68. The molecule has 1 rings (SSSR count). The average Bonchev–Trinajstić information content (AvgIpc) is 2.25. The summed E-state index contributed by atoms with van der Waals surface area (Å²) in [5, 5.41) is 12.0. The number of piperidine rings is 1. The molecule has 1 fully saturated rings. The van der Waals surface area contributed by atoms with Crippen LogP contribution in [0, 0.1) is 5.92 Å². The molecule has 0 saturated carbocycles. The van der Waals surface area contributed by atoms with E-state index < -0.39 is 15.6 Å². The zero-order valence-electron chi connectivity index (χ0n) is 10.1. The Morgan fingerprint density at radius 1 is 1.59 bits per heavy atom. The third kappa shape index (κ3) is 3.99. The Morgan fingerprint density at radius 2 is 2.24 bits per heavy atom. The molecule has 0 aromatic rings. The number of nitrogens with zero attached hydrogens (tertiary/aromatic N) is 2. The van der Waals surface area contributed by atoms with Gasteiger partial charge in [0.05, 0.1) is 5.71 Å². The largest absolute Gasteiger partial charge is 0.411 e. The number of rotatable bonds is 3. The van der Waals surface area contributed by atoms with E-state index in [4.69, 9.17) is 5.21 Å². The molecule has 7 heteroatoms. The van der Waals surface area contributed by atoms with Gasteiger partial charge in [-0.15, -0.1) is 0 Å². The van der Waals surface area contributed by atoms with Crippen LogP contribution < -0.4 is 0 Å². The van der Waals surface area contributed by atoms with Gasteiger partial charge in [0, 0.05) is 31.7 Å². The van der Waals surface area contributed by atoms with Gasteiger partial charge in [-0.05, 0) is 6.42 Å². The van der Waals surface area contributed by atoms with Crippen molar-refractivity contribution in [2.24, 2.45) is 11.1 Å². The lowest BCUT2D eigenvalue weighted by Gasteiger charge is -2.32. The van der Waals surface area contributed by atoms with Crippen LogP contribution in [0.25, 0.3) is 0 Å². The SMILES string of the molecule is CCC1CN(C(=O)CS(C)(=O)=O)CCC1=NO. The molecular formula is C10H18N2O4S. The maximum Gasteiger partial charge on any atom is 0.237 e. The lowest BCUT2D eigenvalue weighted by molar-refractivity contribution is -0.129. The molecular weight excluding hydrogens is 244 g/mol. The van der Waals surface area contributed by atoms with E-state index in [1.54, 1.807) is 0 Å². The molecule has 0 aromatic heterocycles. The molecule has 98 valence electrons. The number of carbonyl (C=O) groups is 1. The van der Waals surface area contributed by atoms with Crippen LogP contribution in [0.15, 0.2) is 5.16 Å². The van der Waals surface area contributed by atoms with Crippen LogP contribution in [0.2, 0.25) is 0 Å². The van der Waals surface area contributed by atoms with Gasteiger partial charge in [-0.25, -0.2) is 8.42 Å². The summed E-state index contributed by atoms with van der Waals surface area (Å²) in [5.74, 6) is -0.796. The molecule has 1 aliphatic rings. The van der Waals surface area contributed by atoms with E-state index in [0.717, 1.165) is 12.7 Å². The summed E-state index contributed by atoms with van der Waals surface area (Å²) < 4.78 is 22.1.